The minimum Gasteiger partial charge on any atom is -0.382 e. The van der Waals surface area contributed by atoms with Crippen LogP contribution in [0.1, 0.15) is 40.0 Å². The molecule has 1 aliphatic heterocycles. The van der Waals surface area contributed by atoms with Gasteiger partial charge in [-0.2, -0.15) is 4.37 Å². The summed E-state index contributed by atoms with van der Waals surface area (Å²) < 4.78 is 28.8. The smallest absolute Gasteiger partial charge is 0.185 e. The van der Waals surface area contributed by atoms with Crippen LogP contribution in [-0.2, 0) is 9.84 Å². The Morgan fingerprint density at radius 1 is 1.35 bits per heavy atom. The van der Waals surface area contributed by atoms with Crippen LogP contribution in [0.25, 0.3) is 0 Å². The lowest BCUT2D eigenvalue weighted by Crippen LogP contribution is -2.37. The zero-order valence-electron chi connectivity index (χ0n) is 12.3. The Labute approximate surface area is 125 Å². The van der Waals surface area contributed by atoms with Crippen molar-refractivity contribution in [3.8, 4) is 0 Å². The fourth-order valence-corrected chi connectivity index (χ4v) is 5.28. The Kier molecular flexibility index (Phi) is 4.30. The number of sulfone groups is 1. The fraction of sp³-hybridized carbons (Fsp3) is 0.769. The van der Waals surface area contributed by atoms with Crippen molar-refractivity contribution in [1.82, 2.24) is 4.37 Å². The number of nitrogen functional groups attached to an aromatic ring is 1. The second kappa shape index (κ2) is 5.52. The molecule has 1 fully saturated rings. The van der Waals surface area contributed by atoms with Gasteiger partial charge in [0, 0.05) is 13.1 Å². The summed E-state index contributed by atoms with van der Waals surface area (Å²) in [6.45, 7) is 8.09. The third kappa shape index (κ3) is 3.09. The number of piperidine rings is 1. The second-order valence-corrected chi connectivity index (χ2v) is 8.97. The van der Waals surface area contributed by atoms with E-state index in [9.17, 15) is 8.42 Å². The molecule has 1 saturated heterocycles. The van der Waals surface area contributed by atoms with Crippen molar-refractivity contribution in [3.05, 3.63) is 0 Å². The van der Waals surface area contributed by atoms with E-state index in [2.05, 4.69) is 23.1 Å². The normalized spacial score (nSPS) is 19.2. The van der Waals surface area contributed by atoms with Crippen LogP contribution in [0.5, 0.6) is 0 Å². The predicted octanol–water partition coefficient (Wildman–Crippen LogP) is 2.54. The van der Waals surface area contributed by atoms with Crippen LogP contribution in [0, 0.1) is 5.41 Å². The van der Waals surface area contributed by atoms with Crippen LogP contribution >= 0.6 is 11.5 Å². The van der Waals surface area contributed by atoms with Gasteiger partial charge in [0.1, 0.15) is 9.90 Å². The quantitative estimate of drug-likeness (QED) is 0.923. The average molecular weight is 317 g/mol. The van der Waals surface area contributed by atoms with Crippen molar-refractivity contribution in [2.75, 3.05) is 29.5 Å². The monoisotopic (exact) mass is 317 g/mol. The molecule has 1 aromatic heterocycles. The summed E-state index contributed by atoms with van der Waals surface area (Å²) in [7, 11) is -3.33. The molecule has 20 heavy (non-hydrogen) atoms. The highest BCUT2D eigenvalue weighted by Gasteiger charge is 2.32. The van der Waals surface area contributed by atoms with Crippen LogP contribution in [0.15, 0.2) is 4.90 Å². The molecule has 2 rings (SSSR count). The summed E-state index contributed by atoms with van der Waals surface area (Å²) >= 11 is 1.21. The van der Waals surface area contributed by atoms with Gasteiger partial charge in [0.05, 0.1) is 5.75 Å². The van der Waals surface area contributed by atoms with Gasteiger partial charge in [0.2, 0.25) is 0 Å². The molecule has 5 nitrogen and oxygen atoms in total. The van der Waals surface area contributed by atoms with E-state index in [1.807, 2.05) is 6.92 Å². The van der Waals surface area contributed by atoms with Gasteiger partial charge < -0.3 is 10.6 Å². The van der Waals surface area contributed by atoms with Crippen molar-refractivity contribution in [2.45, 2.75) is 44.9 Å². The molecule has 0 unspecified atom stereocenters. The Morgan fingerprint density at radius 2 is 1.95 bits per heavy atom. The Balaban J connectivity index is 2.31. The molecule has 0 saturated carbocycles. The van der Waals surface area contributed by atoms with Crippen molar-refractivity contribution in [3.63, 3.8) is 0 Å². The average Bonchev–Trinajstić information content (AvgIpc) is 2.72. The highest BCUT2D eigenvalue weighted by atomic mass is 32.2. The largest absolute Gasteiger partial charge is 0.382 e. The fourth-order valence-electron chi connectivity index (χ4n) is 2.46. The number of nitrogens with zero attached hydrogens (tertiary/aromatic N) is 2. The lowest BCUT2D eigenvalue weighted by molar-refractivity contribution is 0.280. The van der Waals surface area contributed by atoms with Crippen LogP contribution in [0.4, 0.5) is 10.8 Å². The lowest BCUT2D eigenvalue weighted by atomic mass is 9.83. The summed E-state index contributed by atoms with van der Waals surface area (Å²) in [4.78, 5) is 2.38. The number of aromatic nitrogens is 1. The first-order valence-corrected chi connectivity index (χ1v) is 9.42. The van der Waals surface area contributed by atoms with Crippen LogP contribution in [-0.4, -0.2) is 31.6 Å². The number of hydrogen-bond acceptors (Lipinski definition) is 6. The molecular formula is C13H23N3O2S2. The van der Waals surface area contributed by atoms with Crippen LogP contribution in [0.3, 0.4) is 0 Å². The van der Waals surface area contributed by atoms with E-state index in [1.165, 1.54) is 11.5 Å². The maximum absolute atomic E-state index is 12.4. The first-order chi connectivity index (χ1) is 9.27. The SMILES string of the molecule is CCCS(=O)(=O)c1c(N)nsc1N1CCC(C)(C)CC1. The van der Waals surface area contributed by atoms with Crippen LogP contribution in [0.2, 0.25) is 0 Å². The number of rotatable bonds is 4. The molecule has 0 amide bonds. The molecule has 7 heteroatoms. The minimum atomic E-state index is -3.33. The molecule has 0 aliphatic carbocycles. The molecule has 1 aliphatic rings. The zero-order chi connectivity index (χ0) is 15.0. The number of nitrogens with two attached hydrogens (primary N) is 1. The number of anilines is 2. The van der Waals surface area contributed by atoms with Gasteiger partial charge >= 0.3 is 0 Å². The van der Waals surface area contributed by atoms with Gasteiger partial charge in [0.15, 0.2) is 15.7 Å². The van der Waals surface area contributed by atoms with E-state index in [-0.39, 0.29) is 16.5 Å². The summed E-state index contributed by atoms with van der Waals surface area (Å²) in [5.74, 6) is 0.283. The summed E-state index contributed by atoms with van der Waals surface area (Å²) in [5, 5.41) is 0.728. The van der Waals surface area contributed by atoms with Gasteiger partial charge in [-0.15, -0.1) is 0 Å². The Hall–Kier alpha value is -0.820. The van der Waals surface area contributed by atoms with Crippen molar-refractivity contribution in [2.24, 2.45) is 5.41 Å². The zero-order valence-corrected chi connectivity index (χ0v) is 14.0. The molecule has 114 valence electrons. The summed E-state index contributed by atoms with van der Waals surface area (Å²) in [6, 6.07) is 0. The van der Waals surface area contributed by atoms with E-state index in [4.69, 9.17) is 5.73 Å². The first-order valence-electron chi connectivity index (χ1n) is 7.00. The van der Waals surface area contributed by atoms with E-state index >= 15 is 0 Å². The molecule has 0 bridgehead atoms. The second-order valence-electron chi connectivity index (χ2n) is 6.17. The van der Waals surface area contributed by atoms with Gasteiger partial charge in [0.25, 0.3) is 0 Å². The molecule has 0 spiro atoms. The summed E-state index contributed by atoms with van der Waals surface area (Å²) in [5.41, 5.74) is 6.14. The highest BCUT2D eigenvalue weighted by molar-refractivity contribution is 7.91. The topological polar surface area (TPSA) is 76.3 Å². The number of hydrogen-bond donors (Lipinski definition) is 1. The van der Waals surface area contributed by atoms with E-state index < -0.39 is 9.84 Å². The minimum absolute atomic E-state index is 0.127. The first kappa shape index (κ1) is 15.6. The Bertz CT molecular complexity index is 568. The lowest BCUT2D eigenvalue weighted by Gasteiger charge is -2.37. The van der Waals surface area contributed by atoms with Crippen LogP contribution < -0.4 is 10.6 Å². The van der Waals surface area contributed by atoms with Crippen molar-refractivity contribution in [1.29, 1.82) is 0 Å². The van der Waals surface area contributed by atoms with E-state index in [1.54, 1.807) is 0 Å². The molecule has 0 atom stereocenters. The molecule has 0 aromatic carbocycles. The van der Waals surface area contributed by atoms with Gasteiger partial charge in [-0.1, -0.05) is 20.8 Å². The van der Waals surface area contributed by atoms with Crippen molar-refractivity contribution >= 4 is 32.2 Å². The third-order valence-corrected chi connectivity index (χ3v) is 6.87. The third-order valence-electron chi connectivity index (χ3n) is 3.85. The van der Waals surface area contributed by atoms with Gasteiger partial charge in [-0.3, -0.25) is 0 Å². The molecule has 0 radical (unpaired) electrons. The molecular weight excluding hydrogens is 294 g/mol. The van der Waals surface area contributed by atoms with E-state index in [0.717, 1.165) is 30.9 Å². The maximum Gasteiger partial charge on any atom is 0.185 e. The van der Waals surface area contributed by atoms with Gasteiger partial charge in [-0.25, -0.2) is 8.42 Å². The van der Waals surface area contributed by atoms with E-state index in [0.29, 0.717) is 11.8 Å². The van der Waals surface area contributed by atoms with Gasteiger partial charge in [-0.05, 0) is 36.2 Å². The highest BCUT2D eigenvalue weighted by Crippen LogP contribution is 2.39. The molecule has 2 heterocycles. The van der Waals surface area contributed by atoms with Crippen molar-refractivity contribution < 1.29 is 8.42 Å². The standard InChI is InChI=1S/C13H23N3O2S2/c1-4-9-20(17,18)10-11(14)15-19-12(10)16-7-5-13(2,3)6-8-16/h4-9H2,1-3H3,(H2,14,15). The summed E-state index contributed by atoms with van der Waals surface area (Å²) in [6.07, 6.45) is 2.69. The Morgan fingerprint density at radius 3 is 2.50 bits per heavy atom. The maximum atomic E-state index is 12.4. The predicted molar refractivity (Wildman–Crippen MR) is 84.1 cm³/mol. The molecule has 2 N–H and O–H groups in total. The molecule has 1 aromatic rings.